The summed E-state index contributed by atoms with van der Waals surface area (Å²) in [6.07, 6.45) is 3.42. The average Bonchev–Trinajstić information content (AvgIpc) is 2.47. The molecule has 0 saturated carbocycles. The predicted octanol–water partition coefficient (Wildman–Crippen LogP) is 4.91. The highest BCUT2D eigenvalue weighted by molar-refractivity contribution is 9.10. The van der Waals surface area contributed by atoms with E-state index in [1.165, 1.54) is 6.07 Å². The second kappa shape index (κ2) is 6.07. The fraction of sp³-hybridized carbons (Fsp3) is 0.0667. The number of rotatable bonds is 3. The van der Waals surface area contributed by atoms with Gasteiger partial charge in [0.05, 0.1) is 11.2 Å². The standard InChI is InChI=1S/C15H10Br2FN3/c16-10-1-2-12(18)9(5-10)7-20-13-3-4-19-14-6-11(17)8-21-15(13)14/h1-6,8H,7H2,(H,19,20). The molecule has 3 rings (SSSR count). The third-order valence-corrected chi connectivity index (χ3v) is 3.95. The van der Waals surface area contributed by atoms with Crippen molar-refractivity contribution in [3.63, 3.8) is 0 Å². The van der Waals surface area contributed by atoms with Gasteiger partial charge < -0.3 is 5.32 Å². The molecule has 0 amide bonds. The van der Waals surface area contributed by atoms with Crippen molar-refractivity contribution in [2.45, 2.75) is 6.54 Å². The van der Waals surface area contributed by atoms with Crippen LogP contribution in [0, 0.1) is 5.82 Å². The Hall–Kier alpha value is -1.53. The Morgan fingerprint density at radius 2 is 1.90 bits per heavy atom. The van der Waals surface area contributed by atoms with Crippen molar-refractivity contribution >= 4 is 48.6 Å². The largest absolute Gasteiger partial charge is 0.379 e. The Morgan fingerprint density at radius 3 is 2.76 bits per heavy atom. The van der Waals surface area contributed by atoms with E-state index in [1.807, 2.05) is 12.1 Å². The molecule has 1 N–H and O–H groups in total. The maximum Gasteiger partial charge on any atom is 0.128 e. The summed E-state index contributed by atoms with van der Waals surface area (Å²) in [6.45, 7) is 0.377. The molecule has 0 aliphatic rings. The lowest BCUT2D eigenvalue weighted by molar-refractivity contribution is 0.612. The molecule has 2 aromatic heterocycles. The van der Waals surface area contributed by atoms with E-state index in [9.17, 15) is 4.39 Å². The minimum absolute atomic E-state index is 0.236. The average molecular weight is 411 g/mol. The zero-order valence-corrected chi connectivity index (χ0v) is 13.9. The lowest BCUT2D eigenvalue weighted by atomic mass is 10.2. The molecule has 0 bridgehead atoms. The number of nitrogens with zero attached hydrogens (tertiary/aromatic N) is 2. The van der Waals surface area contributed by atoms with Crippen LogP contribution in [0.1, 0.15) is 5.56 Å². The van der Waals surface area contributed by atoms with Crippen LogP contribution in [0.4, 0.5) is 10.1 Å². The third kappa shape index (κ3) is 3.22. The minimum atomic E-state index is -0.236. The van der Waals surface area contributed by atoms with Crippen molar-refractivity contribution in [1.29, 1.82) is 0 Å². The van der Waals surface area contributed by atoms with Crippen LogP contribution in [-0.4, -0.2) is 9.97 Å². The number of fused-ring (bicyclic) bond motifs is 1. The molecule has 0 radical (unpaired) electrons. The van der Waals surface area contributed by atoms with Gasteiger partial charge in [0.2, 0.25) is 0 Å². The van der Waals surface area contributed by atoms with E-state index < -0.39 is 0 Å². The van der Waals surface area contributed by atoms with Gasteiger partial charge in [-0.3, -0.25) is 9.97 Å². The number of nitrogens with one attached hydrogen (secondary N) is 1. The van der Waals surface area contributed by atoms with Gasteiger partial charge in [-0.2, -0.15) is 0 Å². The van der Waals surface area contributed by atoms with E-state index in [0.29, 0.717) is 12.1 Å². The van der Waals surface area contributed by atoms with E-state index in [1.54, 1.807) is 24.5 Å². The molecule has 3 aromatic rings. The van der Waals surface area contributed by atoms with Gasteiger partial charge in [0.15, 0.2) is 0 Å². The molecule has 2 heterocycles. The number of halogens is 3. The molecule has 0 aliphatic carbocycles. The molecule has 0 unspecified atom stereocenters. The first-order valence-electron chi connectivity index (χ1n) is 6.21. The van der Waals surface area contributed by atoms with E-state index in [0.717, 1.165) is 25.7 Å². The molecule has 21 heavy (non-hydrogen) atoms. The third-order valence-electron chi connectivity index (χ3n) is 3.02. The number of aromatic nitrogens is 2. The van der Waals surface area contributed by atoms with Crippen LogP contribution < -0.4 is 5.32 Å². The highest BCUT2D eigenvalue weighted by atomic mass is 79.9. The van der Waals surface area contributed by atoms with Crippen LogP contribution in [-0.2, 0) is 6.54 Å². The summed E-state index contributed by atoms with van der Waals surface area (Å²) < 4.78 is 15.5. The van der Waals surface area contributed by atoms with Crippen LogP contribution >= 0.6 is 31.9 Å². The van der Waals surface area contributed by atoms with Crippen molar-refractivity contribution in [3.05, 3.63) is 63.1 Å². The molecule has 0 atom stereocenters. The van der Waals surface area contributed by atoms with Gasteiger partial charge in [-0.1, -0.05) is 15.9 Å². The molecule has 0 saturated heterocycles. The van der Waals surface area contributed by atoms with Crippen molar-refractivity contribution in [2.75, 3.05) is 5.32 Å². The monoisotopic (exact) mass is 409 g/mol. The number of anilines is 1. The van der Waals surface area contributed by atoms with E-state index in [2.05, 4.69) is 47.1 Å². The highest BCUT2D eigenvalue weighted by Crippen LogP contribution is 2.23. The van der Waals surface area contributed by atoms with Gasteiger partial charge in [0, 0.05) is 33.4 Å². The number of benzene rings is 1. The highest BCUT2D eigenvalue weighted by Gasteiger charge is 2.06. The summed E-state index contributed by atoms with van der Waals surface area (Å²) >= 11 is 6.72. The Kier molecular flexibility index (Phi) is 4.17. The molecule has 6 heteroatoms. The van der Waals surface area contributed by atoms with Gasteiger partial charge >= 0.3 is 0 Å². The molecule has 1 aromatic carbocycles. The second-order valence-electron chi connectivity index (χ2n) is 4.47. The van der Waals surface area contributed by atoms with Crippen LogP contribution in [0.2, 0.25) is 0 Å². The molecular formula is C15H10Br2FN3. The van der Waals surface area contributed by atoms with Gasteiger partial charge in [-0.15, -0.1) is 0 Å². The summed E-state index contributed by atoms with van der Waals surface area (Å²) in [5.41, 5.74) is 2.96. The molecular weight excluding hydrogens is 401 g/mol. The van der Waals surface area contributed by atoms with Crippen LogP contribution in [0.25, 0.3) is 11.0 Å². The van der Waals surface area contributed by atoms with Crippen LogP contribution in [0.3, 0.4) is 0 Å². The summed E-state index contributed by atoms with van der Waals surface area (Å²) in [6, 6.07) is 8.61. The fourth-order valence-corrected chi connectivity index (χ4v) is 2.75. The number of hydrogen-bond donors (Lipinski definition) is 1. The maximum atomic E-state index is 13.7. The molecule has 106 valence electrons. The van der Waals surface area contributed by atoms with Crippen molar-refractivity contribution in [2.24, 2.45) is 0 Å². The zero-order valence-electron chi connectivity index (χ0n) is 10.8. The topological polar surface area (TPSA) is 37.8 Å². The SMILES string of the molecule is Fc1ccc(Br)cc1CNc1ccnc2cc(Br)cnc12. The molecule has 0 fully saturated rings. The smallest absolute Gasteiger partial charge is 0.128 e. The Labute approximate surface area is 137 Å². The first-order chi connectivity index (χ1) is 10.1. The fourth-order valence-electron chi connectivity index (χ4n) is 2.02. The quantitative estimate of drug-likeness (QED) is 0.666. The number of hydrogen-bond acceptors (Lipinski definition) is 3. The summed E-state index contributed by atoms with van der Waals surface area (Å²) in [5, 5.41) is 3.21. The van der Waals surface area contributed by atoms with E-state index >= 15 is 0 Å². The maximum absolute atomic E-state index is 13.7. The van der Waals surface area contributed by atoms with Crippen LogP contribution in [0.15, 0.2) is 51.7 Å². The Morgan fingerprint density at radius 1 is 1.05 bits per heavy atom. The van der Waals surface area contributed by atoms with Crippen molar-refractivity contribution in [3.8, 4) is 0 Å². The molecule has 0 spiro atoms. The summed E-state index contributed by atoms with van der Waals surface area (Å²) in [7, 11) is 0. The van der Waals surface area contributed by atoms with Crippen LogP contribution in [0.5, 0.6) is 0 Å². The first-order valence-corrected chi connectivity index (χ1v) is 7.80. The summed E-state index contributed by atoms with van der Waals surface area (Å²) in [4.78, 5) is 8.63. The molecule has 0 aliphatic heterocycles. The lowest BCUT2D eigenvalue weighted by Crippen LogP contribution is -2.03. The van der Waals surface area contributed by atoms with Crippen molar-refractivity contribution in [1.82, 2.24) is 9.97 Å². The summed E-state index contributed by atoms with van der Waals surface area (Å²) in [5.74, 6) is -0.236. The van der Waals surface area contributed by atoms with Crippen molar-refractivity contribution < 1.29 is 4.39 Å². The van der Waals surface area contributed by atoms with Gasteiger partial charge in [0.1, 0.15) is 11.3 Å². The Bertz CT molecular complexity index is 808. The second-order valence-corrected chi connectivity index (χ2v) is 6.30. The first kappa shape index (κ1) is 14.4. The van der Waals surface area contributed by atoms with Gasteiger partial charge in [0.25, 0.3) is 0 Å². The Balaban J connectivity index is 1.90. The normalized spacial score (nSPS) is 10.8. The van der Waals surface area contributed by atoms with E-state index in [-0.39, 0.29) is 5.82 Å². The van der Waals surface area contributed by atoms with Gasteiger partial charge in [-0.05, 0) is 46.3 Å². The molecule has 3 nitrogen and oxygen atoms in total. The zero-order chi connectivity index (χ0) is 14.8. The number of pyridine rings is 2. The minimum Gasteiger partial charge on any atom is -0.379 e. The van der Waals surface area contributed by atoms with Gasteiger partial charge in [-0.25, -0.2) is 4.39 Å². The van der Waals surface area contributed by atoms with E-state index in [4.69, 9.17) is 0 Å². The lowest BCUT2D eigenvalue weighted by Gasteiger charge is -2.10. The predicted molar refractivity (Wildman–Crippen MR) is 88.7 cm³/mol.